The largest absolute Gasteiger partial charge is 0.390 e. The molecule has 3 heterocycles. The lowest BCUT2D eigenvalue weighted by molar-refractivity contribution is 0.0682. The summed E-state index contributed by atoms with van der Waals surface area (Å²) in [5, 5.41) is 30.2. The number of nitrogens with one attached hydrogen (secondary N) is 2. The first-order valence-corrected chi connectivity index (χ1v) is 12.6. The van der Waals surface area contributed by atoms with Gasteiger partial charge in [-0.25, -0.2) is 4.98 Å². The molecule has 1 aliphatic rings. The number of piperidine rings is 1. The molecule has 1 saturated heterocycles. The van der Waals surface area contributed by atoms with Crippen LogP contribution in [-0.2, 0) is 6.61 Å². The van der Waals surface area contributed by atoms with Gasteiger partial charge in [0.15, 0.2) is 5.82 Å². The topological polar surface area (TPSA) is 117 Å². The van der Waals surface area contributed by atoms with Gasteiger partial charge in [0.25, 0.3) is 0 Å². The summed E-state index contributed by atoms with van der Waals surface area (Å²) in [6.45, 7) is 5.15. The fourth-order valence-corrected chi connectivity index (χ4v) is 5.26. The highest BCUT2D eigenvalue weighted by molar-refractivity contribution is 6.31. The average molecular weight is 497 g/mol. The molecule has 10 heteroatoms. The van der Waals surface area contributed by atoms with Crippen molar-refractivity contribution in [3.63, 3.8) is 0 Å². The number of likely N-dealkylation sites (tertiary alicyclic amines) is 1. The van der Waals surface area contributed by atoms with Crippen LogP contribution in [0.2, 0.25) is 5.02 Å². The number of hydrogen-bond donors (Lipinski definition) is 3. The number of fused-ring (bicyclic) bond motifs is 1. The summed E-state index contributed by atoms with van der Waals surface area (Å²) in [7, 11) is 2.06. The van der Waals surface area contributed by atoms with Crippen LogP contribution in [0.25, 0.3) is 10.9 Å². The standard InChI is InChI=1S/C25H33ClN8O/c1-4-18-13-20(14-19(5-2)34(18)10-6-9-27)33(3)25-28-22-11-16(26)7-8-21(22)24(30-25)29-23-12-17(15-35)31-32-23/h7-8,11-12,18-20,35H,4-6,10,13-15H2,1-3H3,(H2,28,29,30,31,32). The van der Waals surface area contributed by atoms with Gasteiger partial charge in [-0.1, -0.05) is 25.4 Å². The molecule has 0 saturated carbocycles. The maximum Gasteiger partial charge on any atom is 0.227 e. The summed E-state index contributed by atoms with van der Waals surface area (Å²) < 4.78 is 0. The fraction of sp³-hybridized carbons (Fsp3) is 0.520. The Balaban J connectivity index is 1.66. The number of H-pyrrole nitrogens is 1. The van der Waals surface area contributed by atoms with Crippen molar-refractivity contribution in [3.05, 3.63) is 35.0 Å². The van der Waals surface area contributed by atoms with Crippen molar-refractivity contribution in [1.29, 1.82) is 5.26 Å². The van der Waals surface area contributed by atoms with E-state index in [0.29, 0.717) is 46.8 Å². The number of halogens is 1. The third-order valence-corrected chi connectivity index (χ3v) is 7.24. The van der Waals surface area contributed by atoms with E-state index in [0.717, 1.165) is 43.1 Å². The van der Waals surface area contributed by atoms with Gasteiger partial charge in [0.05, 0.1) is 23.9 Å². The van der Waals surface area contributed by atoms with E-state index >= 15 is 0 Å². The molecule has 0 radical (unpaired) electrons. The molecule has 1 aromatic carbocycles. The van der Waals surface area contributed by atoms with E-state index in [1.54, 1.807) is 6.07 Å². The van der Waals surface area contributed by atoms with Crippen molar-refractivity contribution in [2.45, 2.75) is 70.7 Å². The molecule has 0 bridgehead atoms. The smallest absolute Gasteiger partial charge is 0.227 e. The minimum absolute atomic E-state index is 0.118. The van der Waals surface area contributed by atoms with Crippen LogP contribution in [0.3, 0.4) is 0 Å². The number of aliphatic hydroxyl groups is 1. The lowest BCUT2D eigenvalue weighted by atomic mass is 9.87. The highest BCUT2D eigenvalue weighted by atomic mass is 35.5. The Bertz CT molecular complexity index is 1180. The summed E-state index contributed by atoms with van der Waals surface area (Å²) in [6.07, 6.45) is 4.63. The van der Waals surface area contributed by atoms with Crippen LogP contribution in [0, 0.1) is 11.3 Å². The van der Waals surface area contributed by atoms with E-state index in [1.165, 1.54) is 0 Å². The molecular weight excluding hydrogens is 464 g/mol. The van der Waals surface area contributed by atoms with Gasteiger partial charge < -0.3 is 15.3 Å². The third kappa shape index (κ3) is 5.50. The van der Waals surface area contributed by atoms with E-state index in [1.807, 2.05) is 18.2 Å². The summed E-state index contributed by atoms with van der Waals surface area (Å²) in [4.78, 5) is 14.5. The molecule has 1 fully saturated rings. The zero-order valence-corrected chi connectivity index (χ0v) is 21.3. The van der Waals surface area contributed by atoms with Crippen molar-refractivity contribution in [2.75, 3.05) is 23.8 Å². The molecule has 0 amide bonds. The quantitative estimate of drug-likeness (QED) is 0.393. The molecule has 3 N–H and O–H groups in total. The zero-order chi connectivity index (χ0) is 24.9. The van der Waals surface area contributed by atoms with Crippen LogP contribution in [0.5, 0.6) is 0 Å². The van der Waals surface area contributed by atoms with Crippen LogP contribution in [-0.4, -0.2) is 61.9 Å². The van der Waals surface area contributed by atoms with Crippen LogP contribution in [0.1, 0.15) is 51.6 Å². The van der Waals surface area contributed by atoms with Crippen molar-refractivity contribution in [2.24, 2.45) is 0 Å². The van der Waals surface area contributed by atoms with Gasteiger partial charge in [-0.2, -0.15) is 15.3 Å². The Kier molecular flexibility index (Phi) is 8.06. The van der Waals surface area contributed by atoms with Gasteiger partial charge in [-0.15, -0.1) is 0 Å². The molecule has 2 aromatic heterocycles. The number of nitrogens with zero attached hydrogens (tertiary/aromatic N) is 6. The Labute approximate surface area is 211 Å². The van der Waals surface area contributed by atoms with Crippen LogP contribution < -0.4 is 10.2 Å². The van der Waals surface area contributed by atoms with Crippen molar-refractivity contribution >= 4 is 40.1 Å². The molecule has 0 spiro atoms. The third-order valence-electron chi connectivity index (χ3n) is 7.01. The number of aromatic amines is 1. The van der Waals surface area contributed by atoms with Crippen molar-refractivity contribution in [1.82, 2.24) is 25.1 Å². The van der Waals surface area contributed by atoms with Crippen LogP contribution >= 0.6 is 11.6 Å². The van der Waals surface area contributed by atoms with E-state index in [-0.39, 0.29) is 12.6 Å². The van der Waals surface area contributed by atoms with E-state index < -0.39 is 0 Å². The van der Waals surface area contributed by atoms with Gasteiger partial charge >= 0.3 is 0 Å². The Morgan fingerprint density at radius 2 is 1.97 bits per heavy atom. The number of hydrogen-bond acceptors (Lipinski definition) is 8. The van der Waals surface area contributed by atoms with E-state index in [4.69, 9.17) is 26.8 Å². The molecule has 0 aliphatic carbocycles. The van der Waals surface area contributed by atoms with Gasteiger partial charge in [0.1, 0.15) is 5.82 Å². The molecule has 1 aliphatic heterocycles. The van der Waals surface area contributed by atoms with Crippen LogP contribution in [0.4, 0.5) is 17.6 Å². The molecule has 3 aromatic rings. The number of aromatic nitrogens is 4. The predicted octanol–water partition coefficient (Wildman–Crippen LogP) is 4.61. The van der Waals surface area contributed by atoms with Gasteiger partial charge in [-0.05, 0) is 43.9 Å². The average Bonchev–Trinajstić information content (AvgIpc) is 3.33. The SMILES string of the molecule is CCC1CC(N(C)c2nc(Nc3cc(CO)[nH]n3)c3ccc(Cl)cc3n2)CC(CC)N1CCC#N. The van der Waals surface area contributed by atoms with Gasteiger partial charge in [0, 0.05) is 54.6 Å². The summed E-state index contributed by atoms with van der Waals surface area (Å²) in [5.74, 6) is 1.83. The zero-order valence-electron chi connectivity index (χ0n) is 20.5. The number of rotatable bonds is 9. The maximum atomic E-state index is 9.37. The lowest BCUT2D eigenvalue weighted by Gasteiger charge is -2.47. The monoisotopic (exact) mass is 496 g/mol. The molecule has 2 atom stereocenters. The normalized spacial score (nSPS) is 20.6. The first-order valence-electron chi connectivity index (χ1n) is 12.2. The predicted molar refractivity (Wildman–Crippen MR) is 139 cm³/mol. The van der Waals surface area contributed by atoms with E-state index in [9.17, 15) is 5.11 Å². The Morgan fingerprint density at radius 3 is 2.60 bits per heavy atom. The molecule has 35 heavy (non-hydrogen) atoms. The number of anilines is 3. The van der Waals surface area contributed by atoms with Gasteiger partial charge in [0.2, 0.25) is 5.95 Å². The number of nitriles is 1. The van der Waals surface area contributed by atoms with Gasteiger partial charge in [-0.3, -0.25) is 10.00 Å². The molecule has 9 nitrogen and oxygen atoms in total. The number of benzene rings is 1. The Hall–Kier alpha value is -2.93. The molecule has 4 rings (SSSR count). The van der Waals surface area contributed by atoms with Crippen LogP contribution in [0.15, 0.2) is 24.3 Å². The first-order chi connectivity index (χ1) is 17.0. The molecular formula is C25H33ClN8O. The lowest BCUT2D eigenvalue weighted by Crippen LogP contribution is -2.54. The number of aliphatic hydroxyl groups excluding tert-OH is 1. The second kappa shape index (κ2) is 11.2. The minimum Gasteiger partial charge on any atom is -0.390 e. The summed E-state index contributed by atoms with van der Waals surface area (Å²) >= 11 is 6.30. The molecule has 2 unspecified atom stereocenters. The van der Waals surface area contributed by atoms with E-state index in [2.05, 4.69) is 52.3 Å². The fourth-order valence-electron chi connectivity index (χ4n) is 5.09. The molecule has 186 valence electrons. The second-order valence-corrected chi connectivity index (χ2v) is 9.54. The first kappa shape index (κ1) is 25.2. The highest BCUT2D eigenvalue weighted by Gasteiger charge is 2.36. The summed E-state index contributed by atoms with van der Waals surface area (Å²) in [6, 6.07) is 10.7. The maximum absolute atomic E-state index is 9.37. The van der Waals surface area contributed by atoms with Crippen molar-refractivity contribution in [3.8, 4) is 6.07 Å². The summed E-state index contributed by atoms with van der Waals surface area (Å²) in [5.41, 5.74) is 1.37. The Morgan fingerprint density at radius 1 is 1.23 bits per heavy atom. The second-order valence-electron chi connectivity index (χ2n) is 9.10. The highest BCUT2D eigenvalue weighted by Crippen LogP contribution is 2.33. The van der Waals surface area contributed by atoms with Crippen molar-refractivity contribution < 1.29 is 5.11 Å². The minimum atomic E-state index is -0.118.